The monoisotopic (exact) mass is 486 g/mol. The highest BCUT2D eigenvalue weighted by Crippen LogP contribution is 2.44. The number of fused-ring (bicyclic) bond motifs is 3. The number of piperazine rings is 1. The van der Waals surface area contributed by atoms with Gasteiger partial charge in [0.05, 0.1) is 6.54 Å². The zero-order valence-electron chi connectivity index (χ0n) is 19.6. The lowest BCUT2D eigenvalue weighted by Gasteiger charge is -2.38. The molecular formula is C28H26N2O6. The van der Waals surface area contributed by atoms with Gasteiger partial charge in [0.25, 0.3) is 0 Å². The van der Waals surface area contributed by atoms with Crippen molar-refractivity contribution in [2.75, 3.05) is 26.2 Å². The standard InChI is InChI=1S/C28H26N2O6/c31-26(32)25-16-29(27(33)35-17-19-8-2-1-3-9-19)14-15-30(25)28(34)36-18-24-22-12-6-4-10-20(22)21-11-5-7-13-23(21)24/h1-13,24-25H,14-18H2,(H,31,32)/t25-/m1/s1. The van der Waals surface area contributed by atoms with Gasteiger partial charge in [-0.1, -0.05) is 78.9 Å². The van der Waals surface area contributed by atoms with Gasteiger partial charge in [-0.15, -0.1) is 0 Å². The van der Waals surface area contributed by atoms with Crippen LogP contribution < -0.4 is 0 Å². The number of aliphatic carboxylic acids is 1. The van der Waals surface area contributed by atoms with Crippen molar-refractivity contribution in [1.29, 1.82) is 0 Å². The Hall–Kier alpha value is -4.33. The summed E-state index contributed by atoms with van der Waals surface area (Å²) in [5.41, 5.74) is 5.21. The molecule has 8 heteroatoms. The van der Waals surface area contributed by atoms with E-state index in [1.165, 1.54) is 9.80 Å². The maximum atomic E-state index is 13.0. The summed E-state index contributed by atoms with van der Waals surface area (Å²) < 4.78 is 11.0. The van der Waals surface area contributed by atoms with Crippen LogP contribution in [0.2, 0.25) is 0 Å². The Morgan fingerprint density at radius 3 is 2.03 bits per heavy atom. The summed E-state index contributed by atoms with van der Waals surface area (Å²) in [5.74, 6) is -1.33. The summed E-state index contributed by atoms with van der Waals surface area (Å²) in [6.07, 6.45) is -1.32. The second-order valence-electron chi connectivity index (χ2n) is 8.84. The predicted octanol–water partition coefficient (Wildman–Crippen LogP) is 4.34. The molecule has 8 nitrogen and oxygen atoms in total. The Bertz CT molecular complexity index is 1230. The predicted molar refractivity (Wildman–Crippen MR) is 131 cm³/mol. The molecule has 0 spiro atoms. The van der Waals surface area contributed by atoms with E-state index in [0.29, 0.717) is 0 Å². The van der Waals surface area contributed by atoms with Crippen molar-refractivity contribution >= 4 is 18.2 Å². The number of nitrogens with zero attached hydrogens (tertiary/aromatic N) is 2. The number of carbonyl (C=O) groups excluding carboxylic acids is 2. The molecular weight excluding hydrogens is 460 g/mol. The van der Waals surface area contributed by atoms with Crippen molar-refractivity contribution in [3.8, 4) is 11.1 Å². The molecule has 1 saturated heterocycles. The normalized spacial score (nSPS) is 16.7. The molecule has 0 radical (unpaired) electrons. The van der Waals surface area contributed by atoms with Crippen molar-refractivity contribution in [1.82, 2.24) is 9.80 Å². The van der Waals surface area contributed by atoms with Gasteiger partial charge in [-0.2, -0.15) is 0 Å². The zero-order chi connectivity index (χ0) is 25.1. The first-order valence-corrected chi connectivity index (χ1v) is 11.8. The van der Waals surface area contributed by atoms with E-state index in [-0.39, 0.29) is 38.8 Å². The van der Waals surface area contributed by atoms with Gasteiger partial charge in [-0.3, -0.25) is 4.90 Å². The molecule has 3 aromatic rings. The van der Waals surface area contributed by atoms with Gasteiger partial charge >= 0.3 is 18.2 Å². The Morgan fingerprint density at radius 1 is 0.778 bits per heavy atom. The third-order valence-electron chi connectivity index (χ3n) is 6.70. The van der Waals surface area contributed by atoms with E-state index in [1.807, 2.05) is 78.9 Å². The van der Waals surface area contributed by atoms with Crippen molar-refractivity contribution in [2.45, 2.75) is 18.6 Å². The molecule has 1 atom stereocenters. The van der Waals surface area contributed by atoms with Crippen molar-refractivity contribution in [3.63, 3.8) is 0 Å². The second kappa shape index (κ2) is 10.1. The van der Waals surface area contributed by atoms with Gasteiger partial charge in [0.2, 0.25) is 0 Å². The molecule has 1 heterocycles. The van der Waals surface area contributed by atoms with Crippen LogP contribution in [0.5, 0.6) is 0 Å². The number of benzene rings is 3. The SMILES string of the molecule is O=C(O)[C@H]1CN(C(=O)OCc2ccccc2)CCN1C(=O)OCC1c2ccccc2-c2ccccc21. The van der Waals surface area contributed by atoms with Crippen LogP contribution >= 0.6 is 0 Å². The molecule has 1 fully saturated rings. The Morgan fingerprint density at radius 2 is 1.39 bits per heavy atom. The minimum absolute atomic E-state index is 0.0358. The first-order valence-electron chi connectivity index (χ1n) is 11.8. The molecule has 2 amide bonds. The van der Waals surface area contributed by atoms with E-state index in [4.69, 9.17) is 9.47 Å². The van der Waals surface area contributed by atoms with Gasteiger partial charge in [-0.25, -0.2) is 14.4 Å². The fourth-order valence-electron chi connectivity index (χ4n) is 4.87. The van der Waals surface area contributed by atoms with Gasteiger partial charge in [0, 0.05) is 19.0 Å². The smallest absolute Gasteiger partial charge is 0.410 e. The summed E-state index contributed by atoms with van der Waals surface area (Å²) in [4.78, 5) is 40.0. The molecule has 1 aliphatic heterocycles. The van der Waals surface area contributed by atoms with Crippen LogP contribution in [0.15, 0.2) is 78.9 Å². The molecule has 0 bridgehead atoms. The minimum Gasteiger partial charge on any atom is -0.480 e. The molecule has 0 aromatic heterocycles. The lowest BCUT2D eigenvalue weighted by atomic mass is 9.98. The number of carbonyl (C=O) groups is 3. The zero-order valence-corrected chi connectivity index (χ0v) is 19.6. The fourth-order valence-corrected chi connectivity index (χ4v) is 4.87. The second-order valence-corrected chi connectivity index (χ2v) is 8.84. The first-order chi connectivity index (χ1) is 17.5. The summed E-state index contributed by atoms with van der Waals surface area (Å²) in [6, 6.07) is 24.0. The molecule has 2 aliphatic rings. The highest BCUT2D eigenvalue weighted by Gasteiger charge is 2.39. The third kappa shape index (κ3) is 4.62. The van der Waals surface area contributed by atoms with Crippen LogP contribution in [0.25, 0.3) is 11.1 Å². The number of carboxylic acid groups (broad SMARTS) is 1. The van der Waals surface area contributed by atoms with E-state index >= 15 is 0 Å². The van der Waals surface area contributed by atoms with Crippen molar-refractivity contribution < 1.29 is 29.0 Å². The largest absolute Gasteiger partial charge is 0.480 e. The number of carboxylic acids is 1. The van der Waals surface area contributed by atoms with Crippen LogP contribution in [0.3, 0.4) is 0 Å². The number of rotatable bonds is 5. The molecule has 1 aliphatic carbocycles. The lowest BCUT2D eigenvalue weighted by molar-refractivity contribution is -0.144. The molecule has 1 N–H and O–H groups in total. The van der Waals surface area contributed by atoms with Crippen LogP contribution in [-0.4, -0.2) is 65.3 Å². The Labute approximate surface area is 208 Å². The van der Waals surface area contributed by atoms with E-state index in [9.17, 15) is 19.5 Å². The van der Waals surface area contributed by atoms with E-state index < -0.39 is 24.2 Å². The lowest BCUT2D eigenvalue weighted by Crippen LogP contribution is -2.59. The van der Waals surface area contributed by atoms with Crippen LogP contribution in [0.1, 0.15) is 22.6 Å². The highest BCUT2D eigenvalue weighted by atomic mass is 16.6. The topological polar surface area (TPSA) is 96.4 Å². The summed E-state index contributed by atoms with van der Waals surface area (Å²) in [5, 5.41) is 9.78. The Kier molecular flexibility index (Phi) is 6.58. The number of amides is 2. The molecule has 3 aromatic carbocycles. The maximum absolute atomic E-state index is 13.0. The molecule has 36 heavy (non-hydrogen) atoms. The maximum Gasteiger partial charge on any atom is 0.410 e. The van der Waals surface area contributed by atoms with Gasteiger partial charge in [0.1, 0.15) is 13.2 Å². The summed E-state index contributed by atoms with van der Waals surface area (Å²) in [7, 11) is 0. The fraction of sp³-hybridized carbons (Fsp3) is 0.250. The van der Waals surface area contributed by atoms with Crippen molar-refractivity contribution in [2.24, 2.45) is 0 Å². The highest BCUT2D eigenvalue weighted by molar-refractivity contribution is 5.82. The van der Waals surface area contributed by atoms with E-state index in [0.717, 1.165) is 27.8 Å². The first kappa shape index (κ1) is 23.4. The van der Waals surface area contributed by atoms with Gasteiger partial charge < -0.3 is 19.5 Å². The number of ether oxygens (including phenoxy) is 2. The molecule has 184 valence electrons. The summed E-state index contributed by atoms with van der Waals surface area (Å²) >= 11 is 0. The Balaban J connectivity index is 1.22. The van der Waals surface area contributed by atoms with Gasteiger partial charge in [-0.05, 0) is 27.8 Å². The van der Waals surface area contributed by atoms with Crippen LogP contribution in [0, 0.1) is 0 Å². The quantitative estimate of drug-likeness (QED) is 0.576. The molecule has 5 rings (SSSR count). The summed E-state index contributed by atoms with van der Waals surface area (Å²) in [6.45, 7) is 0.200. The number of hydrogen-bond donors (Lipinski definition) is 1. The van der Waals surface area contributed by atoms with Crippen LogP contribution in [0.4, 0.5) is 9.59 Å². The number of hydrogen-bond acceptors (Lipinski definition) is 5. The molecule has 0 unspecified atom stereocenters. The molecule has 0 saturated carbocycles. The minimum atomic E-state index is -1.22. The van der Waals surface area contributed by atoms with Crippen molar-refractivity contribution in [3.05, 3.63) is 95.6 Å². The van der Waals surface area contributed by atoms with E-state index in [2.05, 4.69) is 0 Å². The third-order valence-corrected chi connectivity index (χ3v) is 6.70. The average molecular weight is 487 g/mol. The van der Waals surface area contributed by atoms with E-state index in [1.54, 1.807) is 0 Å². The van der Waals surface area contributed by atoms with Crippen LogP contribution in [-0.2, 0) is 20.9 Å². The van der Waals surface area contributed by atoms with Gasteiger partial charge in [0.15, 0.2) is 6.04 Å². The average Bonchev–Trinajstić information content (AvgIpc) is 3.24.